The van der Waals surface area contributed by atoms with Gasteiger partial charge in [-0.05, 0) is 58.7 Å². The lowest BCUT2D eigenvalue weighted by Gasteiger charge is -2.39. The number of rotatable bonds is 4. The number of aryl methyl sites for hydroxylation is 1. The van der Waals surface area contributed by atoms with E-state index in [1.54, 1.807) is 29.0 Å². The van der Waals surface area contributed by atoms with E-state index in [1.807, 2.05) is 39.5 Å². The first kappa shape index (κ1) is 27.7. The molecule has 9 nitrogen and oxygen atoms in total. The van der Waals surface area contributed by atoms with Gasteiger partial charge in [0.15, 0.2) is 6.29 Å². The summed E-state index contributed by atoms with van der Waals surface area (Å²) in [6.07, 6.45) is 5.25. The topological polar surface area (TPSA) is 89.8 Å². The average molecular weight is 554 g/mol. The van der Waals surface area contributed by atoms with Gasteiger partial charge in [-0.15, -0.1) is 0 Å². The van der Waals surface area contributed by atoms with Crippen molar-refractivity contribution in [2.24, 2.45) is 7.05 Å². The van der Waals surface area contributed by atoms with E-state index in [1.165, 1.54) is 18.3 Å². The van der Waals surface area contributed by atoms with E-state index in [0.717, 1.165) is 6.07 Å². The van der Waals surface area contributed by atoms with E-state index < -0.39 is 35.2 Å². The molecule has 4 heterocycles. The second-order valence-electron chi connectivity index (χ2n) is 11.7. The largest absolute Gasteiger partial charge is 0.444 e. The smallest absolute Gasteiger partial charge is 0.412 e. The molecule has 1 aromatic carbocycles. The van der Waals surface area contributed by atoms with Crippen molar-refractivity contribution in [1.82, 2.24) is 19.7 Å². The monoisotopic (exact) mass is 553 g/mol. The second kappa shape index (κ2) is 9.96. The summed E-state index contributed by atoms with van der Waals surface area (Å²) in [5.74, 6) is -1.48. The minimum Gasteiger partial charge on any atom is -0.444 e. The third-order valence-corrected chi connectivity index (χ3v) is 7.14. The molecule has 2 aromatic heterocycles. The van der Waals surface area contributed by atoms with Gasteiger partial charge >= 0.3 is 6.09 Å². The van der Waals surface area contributed by atoms with E-state index in [-0.39, 0.29) is 17.2 Å². The van der Waals surface area contributed by atoms with Crippen LogP contribution in [0.3, 0.4) is 0 Å². The number of fused-ring (bicyclic) bond motifs is 1. The lowest BCUT2D eigenvalue weighted by molar-refractivity contribution is -0.0766. The van der Waals surface area contributed by atoms with Gasteiger partial charge in [0.05, 0.1) is 35.3 Å². The molecule has 212 valence electrons. The minimum atomic E-state index is -0.922. The van der Waals surface area contributed by atoms with Crippen molar-refractivity contribution in [3.63, 3.8) is 0 Å². The molecule has 5 rings (SSSR count). The van der Waals surface area contributed by atoms with Crippen LogP contribution in [0.2, 0.25) is 0 Å². The number of pyridine rings is 1. The van der Waals surface area contributed by atoms with E-state index in [0.29, 0.717) is 48.3 Å². The zero-order valence-electron chi connectivity index (χ0n) is 23.4. The zero-order chi connectivity index (χ0) is 29.0. The van der Waals surface area contributed by atoms with Crippen LogP contribution in [-0.4, -0.2) is 68.6 Å². The van der Waals surface area contributed by atoms with Gasteiger partial charge in [0.25, 0.3) is 0 Å². The number of nitrogens with zero attached hydrogens (tertiary/aromatic N) is 5. The molecular weight excluding hydrogens is 520 g/mol. The molecule has 0 spiro atoms. The standard InChI is InChI=1S/C29H33F2N5O4/c1-28(2,3)40-27(38)36-23-7-8-35(15-24(23)39-29(36,4)5)26-21(17-9-19(30)11-20(31)10-17)13-32-25(22(26)16-37)18-12-33-34(6)14-18/h9-14,16,23-24H,7-8,15H2,1-6H3/t23-,24+/m1/s1. The average Bonchev–Trinajstić information content (AvgIpc) is 3.39. The van der Waals surface area contributed by atoms with Crippen LogP contribution >= 0.6 is 0 Å². The van der Waals surface area contributed by atoms with Gasteiger partial charge in [-0.1, -0.05) is 0 Å². The molecule has 2 fully saturated rings. The summed E-state index contributed by atoms with van der Waals surface area (Å²) in [5, 5.41) is 4.20. The van der Waals surface area contributed by atoms with Crippen molar-refractivity contribution >= 4 is 18.1 Å². The Hall–Kier alpha value is -3.86. The van der Waals surface area contributed by atoms with Crippen LogP contribution < -0.4 is 4.90 Å². The van der Waals surface area contributed by atoms with E-state index in [2.05, 4.69) is 10.1 Å². The summed E-state index contributed by atoms with van der Waals surface area (Å²) >= 11 is 0. The van der Waals surface area contributed by atoms with Crippen LogP contribution in [0.1, 0.15) is 51.4 Å². The summed E-state index contributed by atoms with van der Waals surface area (Å²) in [4.78, 5) is 34.0. The van der Waals surface area contributed by atoms with E-state index >= 15 is 0 Å². The first-order chi connectivity index (χ1) is 18.8. The van der Waals surface area contributed by atoms with E-state index in [9.17, 15) is 18.4 Å². The number of ether oxygens (including phenoxy) is 2. The fourth-order valence-corrected chi connectivity index (χ4v) is 5.67. The highest BCUT2D eigenvalue weighted by Gasteiger charge is 2.53. The Morgan fingerprint density at radius 3 is 2.45 bits per heavy atom. The lowest BCUT2D eigenvalue weighted by Crippen LogP contribution is -2.54. The zero-order valence-corrected chi connectivity index (χ0v) is 23.4. The number of aldehydes is 1. The van der Waals surface area contributed by atoms with Crippen molar-refractivity contribution < 1.29 is 27.8 Å². The molecular formula is C29H33F2N5O4. The maximum Gasteiger partial charge on any atom is 0.412 e. The number of hydrogen-bond donors (Lipinski definition) is 0. The number of carbonyl (C=O) groups excluding carboxylic acids is 2. The summed E-state index contributed by atoms with van der Waals surface area (Å²) in [6, 6.07) is 2.98. The summed E-state index contributed by atoms with van der Waals surface area (Å²) in [5.41, 5.74) is 0.878. The molecule has 0 aliphatic carbocycles. The summed E-state index contributed by atoms with van der Waals surface area (Å²) < 4.78 is 42.2. The highest BCUT2D eigenvalue weighted by molar-refractivity contribution is 5.99. The molecule has 2 aliphatic heterocycles. The predicted octanol–water partition coefficient (Wildman–Crippen LogP) is 5.19. The van der Waals surface area contributed by atoms with Gasteiger partial charge in [-0.3, -0.25) is 19.4 Å². The Kier molecular flexibility index (Phi) is 6.89. The first-order valence-corrected chi connectivity index (χ1v) is 13.2. The number of carbonyl (C=O) groups is 2. The third kappa shape index (κ3) is 5.17. The Bertz CT molecular complexity index is 1440. The number of aromatic nitrogens is 3. The van der Waals surface area contributed by atoms with Crippen molar-refractivity contribution in [2.45, 2.75) is 64.5 Å². The highest BCUT2D eigenvalue weighted by Crippen LogP contribution is 2.43. The van der Waals surface area contributed by atoms with Crippen LogP contribution in [0.5, 0.6) is 0 Å². The van der Waals surface area contributed by atoms with Gasteiger partial charge in [0, 0.05) is 49.7 Å². The second-order valence-corrected chi connectivity index (χ2v) is 11.7. The number of anilines is 1. The van der Waals surface area contributed by atoms with Crippen molar-refractivity contribution in [3.8, 4) is 22.4 Å². The summed E-state index contributed by atoms with van der Waals surface area (Å²) in [6.45, 7) is 9.87. The third-order valence-electron chi connectivity index (χ3n) is 7.14. The molecule has 2 aliphatic rings. The van der Waals surface area contributed by atoms with Crippen LogP contribution in [-0.2, 0) is 16.5 Å². The van der Waals surface area contributed by atoms with Crippen LogP contribution in [0.4, 0.5) is 19.3 Å². The number of benzene rings is 1. The van der Waals surface area contributed by atoms with Gasteiger partial charge in [-0.2, -0.15) is 5.10 Å². The molecule has 1 amide bonds. The first-order valence-electron chi connectivity index (χ1n) is 13.2. The minimum absolute atomic E-state index is 0.254. The fourth-order valence-electron chi connectivity index (χ4n) is 5.67. The molecule has 0 bridgehead atoms. The Morgan fingerprint density at radius 1 is 1.15 bits per heavy atom. The molecule has 2 saturated heterocycles. The van der Waals surface area contributed by atoms with Gasteiger partial charge < -0.3 is 14.4 Å². The molecule has 11 heteroatoms. The van der Waals surface area contributed by atoms with Crippen molar-refractivity contribution in [2.75, 3.05) is 18.0 Å². The Morgan fingerprint density at radius 2 is 1.85 bits per heavy atom. The van der Waals surface area contributed by atoms with Gasteiger partial charge in [-0.25, -0.2) is 13.6 Å². The van der Waals surface area contributed by atoms with Crippen molar-refractivity contribution in [3.05, 3.63) is 54.0 Å². The van der Waals surface area contributed by atoms with Crippen LogP contribution in [0.15, 0.2) is 36.8 Å². The predicted molar refractivity (Wildman–Crippen MR) is 145 cm³/mol. The quantitative estimate of drug-likeness (QED) is 0.411. The maximum absolute atomic E-state index is 14.3. The molecule has 0 N–H and O–H groups in total. The van der Waals surface area contributed by atoms with Gasteiger partial charge in [0.1, 0.15) is 23.0 Å². The molecule has 0 saturated carbocycles. The number of halogens is 2. The number of hydrogen-bond acceptors (Lipinski definition) is 7. The molecule has 0 radical (unpaired) electrons. The number of piperidine rings is 1. The number of amides is 1. The normalized spacial score (nSPS) is 20.4. The van der Waals surface area contributed by atoms with Crippen LogP contribution in [0.25, 0.3) is 22.4 Å². The van der Waals surface area contributed by atoms with Gasteiger partial charge in [0.2, 0.25) is 0 Å². The molecule has 3 aromatic rings. The van der Waals surface area contributed by atoms with E-state index in [4.69, 9.17) is 9.47 Å². The lowest BCUT2D eigenvalue weighted by atomic mass is 9.95. The molecule has 40 heavy (non-hydrogen) atoms. The fraction of sp³-hybridized carbons (Fsp3) is 0.448. The molecule has 2 atom stereocenters. The maximum atomic E-state index is 14.3. The highest BCUT2D eigenvalue weighted by atomic mass is 19.1. The van der Waals surface area contributed by atoms with Crippen LogP contribution in [0, 0.1) is 11.6 Å². The molecule has 0 unspecified atom stereocenters. The Labute approximate surface area is 231 Å². The SMILES string of the molecule is Cn1cc(-c2ncc(-c3cc(F)cc(F)c3)c(N3CC[C@@H]4[C@H](C3)OC(C)(C)N4C(=O)OC(C)(C)C)c2C=O)cn1. The van der Waals surface area contributed by atoms with Crippen molar-refractivity contribution in [1.29, 1.82) is 0 Å². The Balaban J connectivity index is 1.58. The summed E-state index contributed by atoms with van der Waals surface area (Å²) in [7, 11) is 1.76.